The molecule has 2 aliphatic rings. The number of rotatable bonds is 6. The Kier molecular flexibility index (Phi) is 7.19. The molecule has 34 heavy (non-hydrogen) atoms. The fourth-order valence-corrected chi connectivity index (χ4v) is 6.07. The van der Waals surface area contributed by atoms with Crippen molar-refractivity contribution >= 4 is 27.6 Å². The van der Waals surface area contributed by atoms with E-state index in [9.17, 15) is 15.3 Å². The first-order chi connectivity index (χ1) is 16.0. The SMILES string of the molecule is CCCc1nn(-c2ccccc2)c([O-])c1C1C([O-])C(C=C2Sc3ccccc3N2CC)C1[O-].[Be+2]. The number of aryl methyl sites for hydroxylation is 1. The van der Waals surface area contributed by atoms with Crippen molar-refractivity contribution in [2.45, 2.75) is 49.7 Å². The molecule has 6 nitrogen and oxygen atoms in total. The van der Waals surface area contributed by atoms with E-state index in [-0.39, 0.29) is 16.0 Å². The molecule has 1 saturated carbocycles. The topological polar surface area (TPSA) is 90.2 Å². The fourth-order valence-electron chi connectivity index (χ4n) is 4.85. The molecule has 1 fully saturated rings. The van der Waals surface area contributed by atoms with Crippen LogP contribution < -0.4 is 20.2 Å². The van der Waals surface area contributed by atoms with E-state index in [0.29, 0.717) is 23.4 Å². The second kappa shape index (κ2) is 9.96. The summed E-state index contributed by atoms with van der Waals surface area (Å²) in [6.07, 6.45) is 0.887. The van der Waals surface area contributed by atoms with E-state index in [4.69, 9.17) is 0 Å². The van der Waals surface area contributed by atoms with Gasteiger partial charge in [-0.3, -0.25) is 0 Å². The minimum absolute atomic E-state index is 0. The van der Waals surface area contributed by atoms with Gasteiger partial charge in [0, 0.05) is 11.4 Å². The molecular weight excluding hydrogens is 443 g/mol. The third-order valence-electron chi connectivity index (χ3n) is 6.53. The summed E-state index contributed by atoms with van der Waals surface area (Å²) >= 11 is 1.59. The Balaban J connectivity index is 0.00000274. The predicted octanol–water partition coefficient (Wildman–Crippen LogP) is 2.16. The largest absolute Gasteiger partial charge is 2.00 e. The second-order valence-electron chi connectivity index (χ2n) is 8.51. The molecule has 2 unspecified atom stereocenters. The Morgan fingerprint density at radius 1 is 1.00 bits per heavy atom. The summed E-state index contributed by atoms with van der Waals surface area (Å²) in [6.45, 7) is 4.82. The van der Waals surface area contributed by atoms with Crippen molar-refractivity contribution in [3.05, 3.63) is 77.0 Å². The van der Waals surface area contributed by atoms with Crippen molar-refractivity contribution in [1.82, 2.24) is 9.78 Å². The molecule has 1 aliphatic carbocycles. The average Bonchev–Trinajstić information content (AvgIpc) is 3.35. The molecule has 0 radical (unpaired) electrons. The number of para-hydroxylation sites is 2. The van der Waals surface area contributed by atoms with Gasteiger partial charge in [0.05, 0.1) is 22.1 Å². The average molecular weight is 470 g/mol. The van der Waals surface area contributed by atoms with E-state index >= 15 is 0 Å². The zero-order valence-corrected chi connectivity index (χ0v) is 20.2. The van der Waals surface area contributed by atoms with Gasteiger partial charge in [-0.2, -0.15) is 5.10 Å². The molecular formula is C26H26BeN3O3S-. The normalized spacial score (nSPS) is 24.6. The Morgan fingerprint density at radius 3 is 2.35 bits per heavy atom. The number of thioether (sulfide) groups is 1. The Morgan fingerprint density at radius 2 is 1.68 bits per heavy atom. The maximum absolute atomic E-state index is 13.3. The summed E-state index contributed by atoms with van der Waals surface area (Å²) in [6, 6.07) is 17.2. The van der Waals surface area contributed by atoms with Gasteiger partial charge in [-0.05, 0) is 60.9 Å². The van der Waals surface area contributed by atoms with Crippen LogP contribution in [0.4, 0.5) is 5.69 Å². The summed E-state index contributed by atoms with van der Waals surface area (Å²) < 4.78 is 1.34. The zero-order chi connectivity index (χ0) is 23.1. The van der Waals surface area contributed by atoms with Crippen molar-refractivity contribution in [1.29, 1.82) is 0 Å². The van der Waals surface area contributed by atoms with Gasteiger partial charge in [0.2, 0.25) is 0 Å². The third-order valence-corrected chi connectivity index (χ3v) is 7.66. The van der Waals surface area contributed by atoms with Crippen LogP contribution in [0.3, 0.4) is 0 Å². The smallest absolute Gasteiger partial charge is 0.858 e. The first kappa shape index (κ1) is 24.6. The number of nitrogens with zero attached hydrogens (tertiary/aromatic N) is 3. The van der Waals surface area contributed by atoms with Crippen molar-refractivity contribution in [2.75, 3.05) is 11.4 Å². The van der Waals surface area contributed by atoms with Crippen molar-refractivity contribution < 1.29 is 15.3 Å². The van der Waals surface area contributed by atoms with Crippen molar-refractivity contribution in [2.24, 2.45) is 5.92 Å². The van der Waals surface area contributed by atoms with Gasteiger partial charge in [0.1, 0.15) is 0 Å². The molecule has 8 heteroatoms. The molecule has 0 spiro atoms. The number of hydrogen-bond acceptors (Lipinski definition) is 6. The van der Waals surface area contributed by atoms with Gasteiger partial charge in [-0.15, -0.1) is 12.2 Å². The molecule has 1 aromatic heterocycles. The van der Waals surface area contributed by atoms with Crippen LogP contribution in [-0.2, 0) is 6.42 Å². The van der Waals surface area contributed by atoms with Crippen LogP contribution in [0.5, 0.6) is 5.88 Å². The van der Waals surface area contributed by atoms with Crippen LogP contribution in [-0.4, -0.2) is 38.7 Å². The minimum atomic E-state index is -1.15. The van der Waals surface area contributed by atoms with Gasteiger partial charge in [0.15, 0.2) is 0 Å². The number of hydrogen-bond donors (Lipinski definition) is 0. The molecule has 0 N–H and O–H groups in total. The van der Waals surface area contributed by atoms with Gasteiger partial charge < -0.3 is 20.2 Å². The molecule has 0 amide bonds. The van der Waals surface area contributed by atoms with Crippen LogP contribution in [0.15, 0.2) is 70.6 Å². The summed E-state index contributed by atoms with van der Waals surface area (Å²) in [5.74, 6) is -1.85. The van der Waals surface area contributed by atoms with Gasteiger partial charge in [-0.1, -0.05) is 61.5 Å². The summed E-state index contributed by atoms with van der Waals surface area (Å²) in [4.78, 5) is 3.27. The molecule has 0 saturated heterocycles. The summed E-state index contributed by atoms with van der Waals surface area (Å²) in [7, 11) is 0. The van der Waals surface area contributed by atoms with Crippen molar-refractivity contribution in [3.8, 4) is 11.6 Å². The maximum Gasteiger partial charge on any atom is 2.00 e. The Bertz CT molecular complexity index is 1170. The monoisotopic (exact) mass is 469 g/mol. The molecule has 5 rings (SSSR count). The zero-order valence-electron chi connectivity index (χ0n) is 19.4. The van der Waals surface area contributed by atoms with Gasteiger partial charge >= 0.3 is 10.1 Å². The molecule has 2 heterocycles. The number of fused-ring (bicyclic) bond motifs is 1. The van der Waals surface area contributed by atoms with Crippen LogP contribution in [0.1, 0.15) is 37.4 Å². The van der Waals surface area contributed by atoms with E-state index < -0.39 is 24.0 Å². The first-order valence-corrected chi connectivity index (χ1v) is 12.3. The van der Waals surface area contributed by atoms with E-state index in [2.05, 4.69) is 29.1 Å². The molecule has 3 aromatic rings. The Labute approximate surface area is 208 Å². The standard InChI is InChI=1S/C26H27N3O3S.Be/c1-3-10-18-22(26(32)29(27-18)16-11-6-5-7-12-16)23-24(30)17(25(23)31)15-21-28(4-2)19-13-8-9-14-20(19)33-21;/h5-9,11-15,17,23-25,32H,3-4,10H2,1-2H3;/q-2;+2/p-1. The second-order valence-corrected chi connectivity index (χ2v) is 9.58. The molecule has 2 aromatic carbocycles. The van der Waals surface area contributed by atoms with E-state index in [1.807, 2.05) is 43.3 Å². The number of benzene rings is 2. The van der Waals surface area contributed by atoms with Crippen LogP contribution in [0, 0.1) is 5.92 Å². The van der Waals surface area contributed by atoms with Crippen molar-refractivity contribution in [3.63, 3.8) is 0 Å². The number of aromatic nitrogens is 2. The molecule has 172 valence electrons. The van der Waals surface area contributed by atoms with Crippen LogP contribution >= 0.6 is 11.8 Å². The van der Waals surface area contributed by atoms with E-state index in [1.54, 1.807) is 23.9 Å². The van der Waals surface area contributed by atoms with Crippen LogP contribution in [0.2, 0.25) is 0 Å². The maximum atomic E-state index is 13.3. The fraction of sp³-hybridized carbons (Fsp3) is 0.346. The van der Waals surface area contributed by atoms with E-state index in [0.717, 1.165) is 28.6 Å². The van der Waals surface area contributed by atoms with E-state index in [1.165, 1.54) is 4.68 Å². The summed E-state index contributed by atoms with van der Waals surface area (Å²) in [5.41, 5.74) is 2.66. The van der Waals surface area contributed by atoms with Crippen LogP contribution in [0.25, 0.3) is 5.69 Å². The molecule has 0 bridgehead atoms. The van der Waals surface area contributed by atoms with Gasteiger partial charge in [0.25, 0.3) is 0 Å². The minimum Gasteiger partial charge on any atom is -0.858 e. The third kappa shape index (κ3) is 3.97. The quantitative estimate of drug-likeness (QED) is 0.514. The predicted molar refractivity (Wildman–Crippen MR) is 130 cm³/mol. The first-order valence-electron chi connectivity index (χ1n) is 11.5. The Hall–Kier alpha value is -2.57. The molecule has 2 atom stereocenters. The summed E-state index contributed by atoms with van der Waals surface area (Å²) in [5, 5.41) is 45.4. The molecule has 1 aliphatic heterocycles. The van der Waals surface area contributed by atoms with Gasteiger partial charge in [-0.25, -0.2) is 4.68 Å². The number of anilines is 1.